The Morgan fingerprint density at radius 3 is 2.29 bits per heavy atom. The normalized spacial score (nSPS) is 12.6. The summed E-state index contributed by atoms with van der Waals surface area (Å²) in [5.41, 5.74) is 0.417. The molecule has 0 saturated heterocycles. The quantitative estimate of drug-likeness (QED) is 0.671. The van der Waals surface area contributed by atoms with Gasteiger partial charge in [-0.1, -0.05) is 44.5 Å². The van der Waals surface area contributed by atoms with Gasteiger partial charge in [-0.05, 0) is 30.0 Å². The third kappa shape index (κ3) is 5.38. The number of benzene rings is 1. The van der Waals surface area contributed by atoms with Gasteiger partial charge in [0.15, 0.2) is 0 Å². The molecule has 0 aliphatic rings. The first-order chi connectivity index (χ1) is 9.75. The maximum absolute atomic E-state index is 12.3. The largest absolute Gasteiger partial charge is 0.465 e. The fourth-order valence-corrected chi connectivity index (χ4v) is 2.10. The molecule has 1 aromatic rings. The van der Waals surface area contributed by atoms with E-state index >= 15 is 0 Å². The predicted octanol–water partition coefficient (Wildman–Crippen LogP) is 3.18. The highest BCUT2D eigenvalue weighted by molar-refractivity contribution is 6.30. The van der Waals surface area contributed by atoms with Crippen LogP contribution in [0.25, 0.3) is 0 Å². The van der Waals surface area contributed by atoms with Gasteiger partial charge < -0.3 is 10.1 Å². The lowest BCUT2D eigenvalue weighted by molar-refractivity contribution is -0.156. The monoisotopic (exact) mass is 311 g/mol. The Kier molecular flexibility index (Phi) is 6.21. The third-order valence-electron chi connectivity index (χ3n) is 3.03. The molecule has 1 unspecified atom stereocenters. The molecule has 0 fully saturated rings. The minimum Gasteiger partial charge on any atom is -0.465 e. The van der Waals surface area contributed by atoms with Crippen LogP contribution in [0.1, 0.15) is 33.3 Å². The Bertz CT molecular complexity index is 491. The van der Waals surface area contributed by atoms with E-state index in [2.05, 4.69) is 5.32 Å². The zero-order valence-corrected chi connectivity index (χ0v) is 13.7. The van der Waals surface area contributed by atoms with Crippen molar-refractivity contribution in [2.24, 2.45) is 11.3 Å². The zero-order valence-electron chi connectivity index (χ0n) is 12.9. The van der Waals surface area contributed by atoms with Crippen molar-refractivity contribution in [2.45, 2.75) is 34.2 Å². The lowest BCUT2D eigenvalue weighted by atomic mass is 9.80. The first-order valence-electron chi connectivity index (χ1n) is 6.94. The van der Waals surface area contributed by atoms with Crippen LogP contribution in [-0.4, -0.2) is 18.5 Å². The molecule has 1 aromatic carbocycles. The Morgan fingerprint density at radius 1 is 1.24 bits per heavy atom. The second-order valence-electron chi connectivity index (χ2n) is 5.90. The Hall–Kier alpha value is -1.55. The summed E-state index contributed by atoms with van der Waals surface area (Å²) in [5, 5.41) is 3.42. The molecule has 0 bridgehead atoms. The molecule has 0 radical (unpaired) electrons. The van der Waals surface area contributed by atoms with Crippen molar-refractivity contribution in [2.75, 3.05) is 6.61 Å². The maximum atomic E-state index is 12.3. The highest BCUT2D eigenvalue weighted by Gasteiger charge is 2.38. The van der Waals surface area contributed by atoms with E-state index in [1.165, 1.54) is 0 Å². The van der Waals surface area contributed by atoms with Crippen molar-refractivity contribution in [1.82, 2.24) is 5.32 Å². The van der Waals surface area contributed by atoms with Gasteiger partial charge >= 0.3 is 5.97 Å². The van der Waals surface area contributed by atoms with Crippen LogP contribution in [0.5, 0.6) is 0 Å². The van der Waals surface area contributed by atoms with Crippen molar-refractivity contribution in [3.63, 3.8) is 0 Å². The van der Waals surface area contributed by atoms with Gasteiger partial charge in [-0.15, -0.1) is 0 Å². The van der Waals surface area contributed by atoms with E-state index in [-0.39, 0.29) is 12.5 Å². The summed E-state index contributed by atoms with van der Waals surface area (Å²) in [4.78, 5) is 24.3. The van der Waals surface area contributed by atoms with E-state index < -0.39 is 17.3 Å². The van der Waals surface area contributed by atoms with Gasteiger partial charge in [0.2, 0.25) is 5.91 Å². The van der Waals surface area contributed by atoms with Gasteiger partial charge in [0.05, 0.1) is 6.61 Å². The summed E-state index contributed by atoms with van der Waals surface area (Å²) in [7, 11) is 0. The number of carbonyl (C=O) groups is 2. The molecular weight excluding hydrogens is 290 g/mol. The molecule has 116 valence electrons. The van der Waals surface area contributed by atoms with Gasteiger partial charge in [-0.3, -0.25) is 9.59 Å². The average Bonchev–Trinajstić information content (AvgIpc) is 2.37. The van der Waals surface area contributed by atoms with Gasteiger partial charge in [0, 0.05) is 11.6 Å². The first kappa shape index (κ1) is 17.5. The lowest BCUT2D eigenvalue weighted by Gasteiger charge is -2.27. The smallest absolute Gasteiger partial charge is 0.319 e. The SMILES string of the molecule is CCOC(=O)C(C(=O)NCc1ccc(Cl)cc1)C(C)(C)C. The van der Waals surface area contributed by atoms with E-state index in [9.17, 15) is 9.59 Å². The fourth-order valence-electron chi connectivity index (χ4n) is 1.97. The molecule has 0 aromatic heterocycles. The Balaban J connectivity index is 2.73. The van der Waals surface area contributed by atoms with Crippen molar-refractivity contribution in [1.29, 1.82) is 0 Å². The molecule has 0 saturated carbocycles. The first-order valence-corrected chi connectivity index (χ1v) is 7.32. The number of hydrogen-bond donors (Lipinski definition) is 1. The number of amides is 1. The highest BCUT2D eigenvalue weighted by Crippen LogP contribution is 2.27. The molecule has 0 heterocycles. The van der Waals surface area contributed by atoms with Crippen LogP contribution in [0.3, 0.4) is 0 Å². The highest BCUT2D eigenvalue weighted by atomic mass is 35.5. The van der Waals surface area contributed by atoms with Gasteiger partial charge in [0.1, 0.15) is 5.92 Å². The summed E-state index contributed by atoms with van der Waals surface area (Å²) in [5.74, 6) is -1.64. The Labute approximate surface area is 130 Å². The zero-order chi connectivity index (χ0) is 16.0. The van der Waals surface area contributed by atoms with Gasteiger partial charge in [-0.2, -0.15) is 0 Å². The number of hydrogen-bond acceptors (Lipinski definition) is 3. The predicted molar refractivity (Wildman–Crippen MR) is 82.9 cm³/mol. The summed E-state index contributed by atoms with van der Waals surface area (Å²) in [6, 6.07) is 7.18. The second kappa shape index (κ2) is 7.46. The third-order valence-corrected chi connectivity index (χ3v) is 3.28. The van der Waals surface area contributed by atoms with Crippen LogP contribution >= 0.6 is 11.6 Å². The van der Waals surface area contributed by atoms with Crippen LogP contribution < -0.4 is 5.32 Å². The van der Waals surface area contributed by atoms with Crippen LogP contribution in [0, 0.1) is 11.3 Å². The van der Waals surface area contributed by atoms with Gasteiger partial charge in [0.25, 0.3) is 0 Å². The van der Waals surface area contributed by atoms with E-state index in [1.54, 1.807) is 19.1 Å². The van der Waals surface area contributed by atoms with E-state index in [4.69, 9.17) is 16.3 Å². The number of ether oxygens (including phenoxy) is 1. The standard InChI is InChI=1S/C16H22ClNO3/c1-5-21-15(20)13(16(2,3)4)14(19)18-10-11-6-8-12(17)9-7-11/h6-9,13H,5,10H2,1-4H3,(H,18,19). The van der Waals surface area contributed by atoms with E-state index in [0.717, 1.165) is 5.56 Å². The molecule has 4 nitrogen and oxygen atoms in total. The van der Waals surface area contributed by atoms with E-state index in [0.29, 0.717) is 11.6 Å². The number of carbonyl (C=O) groups excluding carboxylic acids is 2. The minimum absolute atomic E-state index is 0.260. The molecule has 1 N–H and O–H groups in total. The van der Waals surface area contributed by atoms with E-state index in [1.807, 2.05) is 32.9 Å². The van der Waals surface area contributed by atoms with Crippen LogP contribution in [0.15, 0.2) is 24.3 Å². The molecule has 21 heavy (non-hydrogen) atoms. The van der Waals surface area contributed by atoms with Gasteiger partial charge in [-0.25, -0.2) is 0 Å². The molecule has 1 rings (SSSR count). The maximum Gasteiger partial charge on any atom is 0.319 e. The van der Waals surface area contributed by atoms with Crippen LogP contribution in [-0.2, 0) is 20.9 Å². The second-order valence-corrected chi connectivity index (χ2v) is 6.33. The molecule has 0 spiro atoms. The van der Waals surface area contributed by atoms with Crippen LogP contribution in [0.2, 0.25) is 5.02 Å². The fraction of sp³-hybridized carbons (Fsp3) is 0.500. The van der Waals surface area contributed by atoms with Crippen molar-refractivity contribution < 1.29 is 14.3 Å². The summed E-state index contributed by atoms with van der Waals surface area (Å²) in [6.07, 6.45) is 0. The summed E-state index contributed by atoms with van der Waals surface area (Å²) in [6.45, 7) is 7.87. The molecule has 0 aliphatic heterocycles. The van der Waals surface area contributed by atoms with Crippen LogP contribution in [0.4, 0.5) is 0 Å². The summed E-state index contributed by atoms with van der Waals surface area (Å²) < 4.78 is 5.00. The molecule has 1 atom stereocenters. The van der Waals surface area contributed by atoms with Crippen molar-refractivity contribution in [3.05, 3.63) is 34.9 Å². The molecule has 5 heteroatoms. The molecule has 1 amide bonds. The number of nitrogens with one attached hydrogen (secondary N) is 1. The number of esters is 1. The van der Waals surface area contributed by atoms with Crippen molar-refractivity contribution in [3.8, 4) is 0 Å². The number of halogens is 1. The minimum atomic E-state index is -0.829. The average molecular weight is 312 g/mol. The Morgan fingerprint density at radius 2 is 1.81 bits per heavy atom. The summed E-state index contributed by atoms with van der Waals surface area (Å²) >= 11 is 5.81. The molecular formula is C16H22ClNO3. The molecule has 0 aliphatic carbocycles. The van der Waals surface area contributed by atoms with Crippen molar-refractivity contribution >= 4 is 23.5 Å². The lowest BCUT2D eigenvalue weighted by Crippen LogP contribution is -2.43. The number of rotatable bonds is 5. The topological polar surface area (TPSA) is 55.4 Å².